The number of hydrogen-bond acceptors (Lipinski definition) is 7. The van der Waals surface area contributed by atoms with E-state index in [2.05, 4.69) is 10.2 Å². The van der Waals surface area contributed by atoms with Crippen molar-refractivity contribution in [3.05, 3.63) is 95.6 Å². The lowest BCUT2D eigenvalue weighted by Crippen LogP contribution is -2.43. The molecule has 0 aromatic heterocycles. The maximum atomic E-state index is 13.0. The van der Waals surface area contributed by atoms with Crippen molar-refractivity contribution >= 4 is 46.9 Å². The SMILES string of the molecule is CC(C)c1cc(OC(=O)N[C@@H](CCC(=O)OCc2ccccc2)C(=O)OCc2ccccc2)ccc1N(CCCl)CCCl. The normalized spacial score (nSPS) is 11.5. The van der Waals surface area contributed by atoms with Gasteiger partial charge < -0.3 is 24.4 Å². The van der Waals surface area contributed by atoms with Gasteiger partial charge in [0.05, 0.1) is 0 Å². The predicted molar refractivity (Wildman–Crippen MR) is 169 cm³/mol. The second-order valence-electron chi connectivity index (χ2n) is 10.1. The van der Waals surface area contributed by atoms with Crippen LogP contribution in [-0.2, 0) is 32.3 Å². The molecular formula is C33H38Cl2N2O6. The third kappa shape index (κ3) is 11.5. The molecule has 1 amide bonds. The van der Waals surface area contributed by atoms with Crippen LogP contribution in [0.25, 0.3) is 0 Å². The van der Waals surface area contributed by atoms with Gasteiger partial charge in [0.2, 0.25) is 0 Å². The number of carbonyl (C=O) groups excluding carboxylic acids is 3. The minimum Gasteiger partial charge on any atom is -0.461 e. The maximum Gasteiger partial charge on any atom is 0.413 e. The van der Waals surface area contributed by atoms with Crippen molar-refractivity contribution in [2.24, 2.45) is 0 Å². The van der Waals surface area contributed by atoms with E-state index >= 15 is 0 Å². The smallest absolute Gasteiger partial charge is 0.413 e. The first-order valence-corrected chi connectivity index (χ1v) is 15.3. The average molecular weight is 630 g/mol. The van der Waals surface area contributed by atoms with Gasteiger partial charge in [0.1, 0.15) is 25.0 Å². The second-order valence-corrected chi connectivity index (χ2v) is 10.9. The molecule has 8 nitrogen and oxygen atoms in total. The number of amides is 1. The van der Waals surface area contributed by atoms with E-state index in [9.17, 15) is 14.4 Å². The van der Waals surface area contributed by atoms with Gasteiger partial charge in [0.15, 0.2) is 0 Å². The molecule has 0 bridgehead atoms. The molecule has 0 fully saturated rings. The summed E-state index contributed by atoms with van der Waals surface area (Å²) in [6, 6.07) is 22.6. The first kappa shape index (κ1) is 33.7. The minimum absolute atomic E-state index is 0.0195. The van der Waals surface area contributed by atoms with Crippen molar-refractivity contribution in [1.82, 2.24) is 5.32 Å². The summed E-state index contributed by atoms with van der Waals surface area (Å²) in [4.78, 5) is 40.5. The number of nitrogens with zero attached hydrogens (tertiary/aromatic N) is 1. The Morgan fingerprint density at radius 2 is 1.40 bits per heavy atom. The van der Waals surface area contributed by atoms with E-state index < -0.39 is 24.1 Å². The molecule has 3 aromatic rings. The molecule has 0 aliphatic rings. The predicted octanol–water partition coefficient (Wildman–Crippen LogP) is 6.82. The zero-order valence-electron chi connectivity index (χ0n) is 24.5. The van der Waals surface area contributed by atoms with Gasteiger partial charge in [-0.3, -0.25) is 4.79 Å². The fourth-order valence-electron chi connectivity index (χ4n) is 4.33. The van der Waals surface area contributed by atoms with Crippen LogP contribution in [0.15, 0.2) is 78.9 Å². The number of ether oxygens (including phenoxy) is 3. The van der Waals surface area contributed by atoms with Crippen LogP contribution in [-0.4, -0.2) is 48.9 Å². The number of anilines is 1. The molecule has 0 unspecified atom stereocenters. The van der Waals surface area contributed by atoms with E-state index in [4.69, 9.17) is 37.4 Å². The van der Waals surface area contributed by atoms with Crippen LogP contribution in [0.5, 0.6) is 5.75 Å². The van der Waals surface area contributed by atoms with Crippen LogP contribution >= 0.6 is 23.2 Å². The van der Waals surface area contributed by atoms with Crippen LogP contribution in [0.3, 0.4) is 0 Å². The Hall–Kier alpha value is -3.75. The molecule has 0 aliphatic heterocycles. The summed E-state index contributed by atoms with van der Waals surface area (Å²) in [5.74, 6) is 0.119. The van der Waals surface area contributed by atoms with Crippen LogP contribution in [0, 0.1) is 0 Å². The van der Waals surface area contributed by atoms with Crippen LogP contribution in [0.4, 0.5) is 10.5 Å². The molecule has 10 heteroatoms. The Morgan fingerprint density at radius 3 is 1.95 bits per heavy atom. The number of carbonyl (C=O) groups is 3. The molecule has 3 aromatic carbocycles. The van der Waals surface area contributed by atoms with Gasteiger partial charge in [-0.2, -0.15) is 0 Å². The van der Waals surface area contributed by atoms with Crippen LogP contribution in [0.1, 0.15) is 49.3 Å². The van der Waals surface area contributed by atoms with Crippen molar-refractivity contribution in [3.8, 4) is 5.75 Å². The van der Waals surface area contributed by atoms with Crippen LogP contribution in [0.2, 0.25) is 0 Å². The fraction of sp³-hybridized carbons (Fsp3) is 0.364. The molecule has 0 radical (unpaired) electrons. The Kier molecular flexibility index (Phi) is 14.2. The third-order valence-electron chi connectivity index (χ3n) is 6.56. The minimum atomic E-state index is -1.13. The van der Waals surface area contributed by atoms with Crippen molar-refractivity contribution in [2.45, 2.75) is 51.9 Å². The third-order valence-corrected chi connectivity index (χ3v) is 6.90. The highest BCUT2D eigenvalue weighted by Crippen LogP contribution is 2.31. The van der Waals surface area contributed by atoms with Crippen molar-refractivity contribution in [1.29, 1.82) is 0 Å². The Balaban J connectivity index is 1.67. The highest BCUT2D eigenvalue weighted by molar-refractivity contribution is 6.18. The molecule has 0 heterocycles. The molecule has 0 saturated heterocycles. The molecule has 3 rings (SSSR count). The highest BCUT2D eigenvalue weighted by atomic mass is 35.5. The average Bonchev–Trinajstić information content (AvgIpc) is 3.01. The standard InChI is InChI=1S/C33H38Cl2N2O6/c1-24(2)28-21-27(13-15-30(28)37(19-17-34)20-18-35)43-33(40)36-29(32(39)42-23-26-11-7-4-8-12-26)14-16-31(38)41-22-25-9-5-3-6-10-25/h3-13,15,21,24,29H,14,16-20,22-23H2,1-2H3,(H,36,40)/t29-/m0/s1. The number of alkyl halides is 2. The lowest BCUT2D eigenvalue weighted by atomic mass is 10.00. The maximum absolute atomic E-state index is 13.0. The molecule has 0 aliphatic carbocycles. The Labute approximate surface area is 263 Å². The van der Waals surface area contributed by atoms with Crippen LogP contribution < -0.4 is 15.0 Å². The van der Waals surface area contributed by atoms with E-state index in [1.165, 1.54) is 0 Å². The van der Waals surface area contributed by atoms with Crippen molar-refractivity contribution < 1.29 is 28.6 Å². The van der Waals surface area contributed by atoms with Crippen molar-refractivity contribution in [3.63, 3.8) is 0 Å². The monoisotopic (exact) mass is 628 g/mol. The number of hydrogen-bond donors (Lipinski definition) is 1. The Morgan fingerprint density at radius 1 is 0.814 bits per heavy atom. The number of rotatable bonds is 16. The fourth-order valence-corrected chi connectivity index (χ4v) is 4.74. The number of halogens is 2. The summed E-state index contributed by atoms with van der Waals surface area (Å²) in [5, 5.41) is 2.57. The highest BCUT2D eigenvalue weighted by Gasteiger charge is 2.25. The van der Waals surface area contributed by atoms with Gasteiger partial charge in [-0.25, -0.2) is 9.59 Å². The molecule has 1 N–H and O–H groups in total. The van der Waals surface area contributed by atoms with Gasteiger partial charge in [0, 0.05) is 37.0 Å². The Bertz CT molecular complexity index is 1300. The summed E-state index contributed by atoms with van der Waals surface area (Å²) >= 11 is 12.0. The van der Waals surface area contributed by atoms with Gasteiger partial charge in [-0.1, -0.05) is 74.5 Å². The quantitative estimate of drug-likeness (QED) is 0.137. The zero-order valence-corrected chi connectivity index (χ0v) is 26.0. The molecule has 43 heavy (non-hydrogen) atoms. The largest absolute Gasteiger partial charge is 0.461 e. The summed E-state index contributed by atoms with van der Waals surface area (Å²) in [6.07, 6.45) is -0.986. The van der Waals surface area contributed by atoms with Crippen molar-refractivity contribution in [2.75, 3.05) is 29.7 Å². The molecule has 0 saturated carbocycles. The molecule has 230 valence electrons. The van der Waals surface area contributed by atoms with E-state index in [1.54, 1.807) is 12.1 Å². The topological polar surface area (TPSA) is 94.2 Å². The van der Waals surface area contributed by atoms with Gasteiger partial charge in [0.25, 0.3) is 0 Å². The second kappa shape index (κ2) is 18.0. The summed E-state index contributed by atoms with van der Waals surface area (Å²) in [6.45, 7) is 5.45. The van der Waals surface area contributed by atoms with Gasteiger partial charge in [-0.15, -0.1) is 23.2 Å². The van der Waals surface area contributed by atoms with Gasteiger partial charge >= 0.3 is 18.0 Å². The van der Waals surface area contributed by atoms with E-state index in [-0.39, 0.29) is 32.0 Å². The molecule has 1 atom stereocenters. The summed E-state index contributed by atoms with van der Waals surface area (Å²) < 4.78 is 16.4. The summed E-state index contributed by atoms with van der Waals surface area (Å²) in [7, 11) is 0. The van der Waals surface area contributed by atoms with E-state index in [0.29, 0.717) is 30.6 Å². The first-order valence-electron chi connectivity index (χ1n) is 14.2. The number of benzene rings is 3. The molecule has 0 spiro atoms. The number of nitrogens with one attached hydrogen (secondary N) is 1. The van der Waals surface area contributed by atoms with Gasteiger partial charge in [-0.05, 0) is 47.2 Å². The summed E-state index contributed by atoms with van der Waals surface area (Å²) in [5.41, 5.74) is 3.55. The zero-order chi connectivity index (χ0) is 31.0. The van der Waals surface area contributed by atoms with E-state index in [1.807, 2.05) is 80.6 Å². The lowest BCUT2D eigenvalue weighted by Gasteiger charge is -2.27. The number of esters is 2. The lowest BCUT2D eigenvalue weighted by molar-refractivity contribution is -0.148. The van der Waals surface area contributed by atoms with E-state index in [0.717, 1.165) is 22.4 Å². The molecular weight excluding hydrogens is 591 g/mol. The first-order chi connectivity index (χ1) is 20.8.